The van der Waals surface area contributed by atoms with Crippen molar-refractivity contribution in [1.82, 2.24) is 15.1 Å². The van der Waals surface area contributed by atoms with Crippen LogP contribution in [0.5, 0.6) is 0 Å². The van der Waals surface area contributed by atoms with Crippen LogP contribution in [0.2, 0.25) is 0 Å². The Balaban J connectivity index is 2.00. The van der Waals surface area contributed by atoms with Gasteiger partial charge in [0.15, 0.2) is 0 Å². The third-order valence-electron chi connectivity index (χ3n) is 4.25. The molecule has 0 bridgehead atoms. The summed E-state index contributed by atoms with van der Waals surface area (Å²) in [5, 5.41) is 17.7. The van der Waals surface area contributed by atoms with Gasteiger partial charge in [0.05, 0.1) is 11.8 Å². The fraction of sp³-hybridized carbons (Fsp3) is 0.500. The standard InChI is InChI=1S/C18H27N3O/c1-13(22)10-17(16-8-6-5-7-9-16)11-19-12-18-14(2)20-21(4)15(18)3/h5-9,13,17,19,22H,10-12H2,1-4H3. The van der Waals surface area contributed by atoms with Gasteiger partial charge in [-0.05, 0) is 38.7 Å². The number of rotatable bonds is 7. The first kappa shape index (κ1) is 16.7. The second-order valence-corrected chi connectivity index (χ2v) is 6.10. The van der Waals surface area contributed by atoms with Crippen LogP contribution in [0.1, 0.15) is 41.8 Å². The molecule has 0 saturated heterocycles. The van der Waals surface area contributed by atoms with Crippen molar-refractivity contribution in [3.05, 3.63) is 52.8 Å². The molecular weight excluding hydrogens is 274 g/mol. The summed E-state index contributed by atoms with van der Waals surface area (Å²) in [7, 11) is 1.98. The first-order chi connectivity index (χ1) is 10.5. The van der Waals surface area contributed by atoms with Crippen LogP contribution in [0, 0.1) is 13.8 Å². The van der Waals surface area contributed by atoms with Gasteiger partial charge in [-0.25, -0.2) is 0 Å². The van der Waals surface area contributed by atoms with E-state index in [1.54, 1.807) is 0 Å². The van der Waals surface area contributed by atoms with Crippen molar-refractivity contribution in [2.24, 2.45) is 7.05 Å². The van der Waals surface area contributed by atoms with Gasteiger partial charge in [0, 0.05) is 31.4 Å². The fourth-order valence-electron chi connectivity index (χ4n) is 2.92. The van der Waals surface area contributed by atoms with Gasteiger partial charge >= 0.3 is 0 Å². The third kappa shape index (κ3) is 4.18. The lowest BCUT2D eigenvalue weighted by Gasteiger charge is -2.20. The Morgan fingerprint density at radius 2 is 1.91 bits per heavy atom. The molecule has 0 aliphatic heterocycles. The van der Waals surface area contributed by atoms with E-state index in [4.69, 9.17) is 0 Å². The molecule has 0 saturated carbocycles. The number of hydrogen-bond donors (Lipinski definition) is 2. The number of aliphatic hydroxyl groups excluding tert-OH is 1. The highest BCUT2D eigenvalue weighted by Gasteiger charge is 2.15. The molecule has 22 heavy (non-hydrogen) atoms. The van der Waals surface area contributed by atoms with E-state index in [0.29, 0.717) is 5.92 Å². The lowest BCUT2D eigenvalue weighted by molar-refractivity contribution is 0.173. The van der Waals surface area contributed by atoms with Crippen LogP contribution in [0.4, 0.5) is 0 Å². The molecule has 0 spiro atoms. The summed E-state index contributed by atoms with van der Waals surface area (Å²) in [6.45, 7) is 7.67. The van der Waals surface area contributed by atoms with Gasteiger partial charge in [-0.15, -0.1) is 0 Å². The fourth-order valence-corrected chi connectivity index (χ4v) is 2.92. The summed E-state index contributed by atoms with van der Waals surface area (Å²) < 4.78 is 1.93. The first-order valence-electron chi connectivity index (χ1n) is 7.91. The summed E-state index contributed by atoms with van der Waals surface area (Å²) in [4.78, 5) is 0. The van der Waals surface area contributed by atoms with Crippen molar-refractivity contribution < 1.29 is 5.11 Å². The minimum absolute atomic E-state index is 0.297. The molecule has 4 heteroatoms. The van der Waals surface area contributed by atoms with E-state index in [2.05, 4.69) is 48.5 Å². The monoisotopic (exact) mass is 301 g/mol. The van der Waals surface area contributed by atoms with Crippen LogP contribution in [-0.4, -0.2) is 27.5 Å². The van der Waals surface area contributed by atoms with Crippen molar-refractivity contribution in [3.63, 3.8) is 0 Å². The molecule has 0 fully saturated rings. The number of nitrogens with zero attached hydrogens (tertiary/aromatic N) is 2. The third-order valence-corrected chi connectivity index (χ3v) is 4.25. The highest BCUT2D eigenvalue weighted by atomic mass is 16.3. The summed E-state index contributed by atoms with van der Waals surface area (Å²) in [6, 6.07) is 10.4. The lowest BCUT2D eigenvalue weighted by atomic mass is 9.93. The van der Waals surface area contributed by atoms with Crippen molar-refractivity contribution in [3.8, 4) is 0 Å². The molecule has 1 heterocycles. The highest BCUT2D eigenvalue weighted by Crippen LogP contribution is 2.21. The first-order valence-corrected chi connectivity index (χ1v) is 7.91. The number of benzene rings is 1. The van der Waals surface area contributed by atoms with E-state index >= 15 is 0 Å². The maximum atomic E-state index is 9.75. The van der Waals surface area contributed by atoms with Crippen molar-refractivity contribution >= 4 is 0 Å². The highest BCUT2D eigenvalue weighted by molar-refractivity contribution is 5.24. The van der Waals surface area contributed by atoms with Crippen LogP contribution in [0.25, 0.3) is 0 Å². The molecule has 2 aromatic rings. The Kier molecular flexibility index (Phi) is 5.75. The van der Waals surface area contributed by atoms with E-state index in [9.17, 15) is 5.11 Å². The average Bonchev–Trinajstić information content (AvgIpc) is 2.73. The topological polar surface area (TPSA) is 50.1 Å². The van der Waals surface area contributed by atoms with E-state index in [-0.39, 0.29) is 6.10 Å². The van der Waals surface area contributed by atoms with E-state index in [1.165, 1.54) is 16.8 Å². The van der Waals surface area contributed by atoms with Crippen LogP contribution in [-0.2, 0) is 13.6 Å². The van der Waals surface area contributed by atoms with Gasteiger partial charge in [0.25, 0.3) is 0 Å². The second-order valence-electron chi connectivity index (χ2n) is 6.10. The van der Waals surface area contributed by atoms with Crippen LogP contribution >= 0.6 is 0 Å². The Bertz CT molecular complexity index is 590. The molecule has 0 radical (unpaired) electrons. The van der Waals surface area contributed by atoms with Gasteiger partial charge in [0.1, 0.15) is 0 Å². The molecule has 0 aliphatic rings. The molecule has 2 atom stereocenters. The average molecular weight is 301 g/mol. The maximum absolute atomic E-state index is 9.75. The lowest BCUT2D eigenvalue weighted by Crippen LogP contribution is -2.24. The second kappa shape index (κ2) is 7.56. The zero-order valence-electron chi connectivity index (χ0n) is 14.0. The predicted molar refractivity (Wildman–Crippen MR) is 89.9 cm³/mol. The summed E-state index contributed by atoms with van der Waals surface area (Å²) >= 11 is 0. The minimum atomic E-state index is -0.297. The van der Waals surface area contributed by atoms with Gasteiger partial charge in [-0.3, -0.25) is 4.68 Å². The molecule has 120 valence electrons. The molecule has 2 N–H and O–H groups in total. The molecule has 2 unspecified atom stereocenters. The number of hydrogen-bond acceptors (Lipinski definition) is 3. The Labute approximate surface area is 133 Å². The van der Waals surface area contributed by atoms with Gasteiger partial charge < -0.3 is 10.4 Å². The maximum Gasteiger partial charge on any atom is 0.0641 e. The van der Waals surface area contributed by atoms with E-state index in [1.807, 2.05) is 24.7 Å². The largest absolute Gasteiger partial charge is 0.393 e. The zero-order chi connectivity index (χ0) is 16.1. The molecule has 0 amide bonds. The smallest absolute Gasteiger partial charge is 0.0641 e. The van der Waals surface area contributed by atoms with Crippen LogP contribution in [0.3, 0.4) is 0 Å². The van der Waals surface area contributed by atoms with Crippen molar-refractivity contribution in [2.45, 2.75) is 45.8 Å². The molecule has 4 nitrogen and oxygen atoms in total. The van der Waals surface area contributed by atoms with Crippen molar-refractivity contribution in [2.75, 3.05) is 6.54 Å². The van der Waals surface area contributed by atoms with Gasteiger partial charge in [0.2, 0.25) is 0 Å². The quantitative estimate of drug-likeness (QED) is 0.826. The Morgan fingerprint density at radius 1 is 1.23 bits per heavy atom. The number of aryl methyl sites for hydroxylation is 2. The van der Waals surface area contributed by atoms with Gasteiger partial charge in [-0.2, -0.15) is 5.10 Å². The van der Waals surface area contributed by atoms with Crippen LogP contribution in [0.15, 0.2) is 30.3 Å². The SMILES string of the molecule is Cc1nn(C)c(C)c1CNCC(CC(C)O)c1ccccc1. The van der Waals surface area contributed by atoms with Crippen LogP contribution < -0.4 is 5.32 Å². The molecule has 1 aromatic carbocycles. The minimum Gasteiger partial charge on any atom is -0.393 e. The molecule has 2 rings (SSSR count). The zero-order valence-corrected chi connectivity index (χ0v) is 14.0. The molecule has 0 aliphatic carbocycles. The molecular formula is C18H27N3O. The summed E-state index contributed by atoms with van der Waals surface area (Å²) in [5.41, 5.74) is 4.83. The number of aliphatic hydroxyl groups is 1. The van der Waals surface area contributed by atoms with Gasteiger partial charge in [-0.1, -0.05) is 30.3 Å². The summed E-state index contributed by atoms with van der Waals surface area (Å²) in [5.74, 6) is 0.318. The number of nitrogens with one attached hydrogen (secondary N) is 1. The number of aromatic nitrogens is 2. The van der Waals surface area contributed by atoms with E-state index in [0.717, 1.165) is 25.2 Å². The Hall–Kier alpha value is -1.65. The summed E-state index contributed by atoms with van der Waals surface area (Å²) in [6.07, 6.45) is 0.469. The van der Waals surface area contributed by atoms with E-state index < -0.39 is 0 Å². The normalized spacial score (nSPS) is 14.0. The Morgan fingerprint density at radius 3 is 2.45 bits per heavy atom. The molecule has 1 aromatic heterocycles. The predicted octanol–water partition coefficient (Wildman–Crippen LogP) is 2.68. The van der Waals surface area contributed by atoms with Crippen molar-refractivity contribution in [1.29, 1.82) is 0 Å².